The second-order valence-electron chi connectivity index (χ2n) is 8.80. The maximum atomic E-state index is 13.6. The minimum Gasteiger partial charge on any atom is -0.389 e. The molecule has 2 fully saturated rings. The summed E-state index contributed by atoms with van der Waals surface area (Å²) in [7, 11) is 1.58. The number of thiophene rings is 1. The molecule has 38 heavy (non-hydrogen) atoms. The van der Waals surface area contributed by atoms with Gasteiger partial charge >= 0.3 is 0 Å². The highest BCUT2D eigenvalue weighted by Crippen LogP contribution is 2.28. The first kappa shape index (κ1) is 28.8. The number of anilines is 1. The Hall–Kier alpha value is -3.75. The topological polar surface area (TPSA) is 119 Å². The van der Waals surface area contributed by atoms with E-state index < -0.39 is 11.5 Å². The number of aromatic nitrogens is 1. The van der Waals surface area contributed by atoms with Gasteiger partial charge in [0.25, 0.3) is 17.4 Å². The number of allylic oxidation sites excluding steroid dienone is 1. The zero-order chi connectivity index (χ0) is 27.8. The fraction of sp³-hybridized carbons (Fsp3) is 0.385. The van der Waals surface area contributed by atoms with E-state index in [1.165, 1.54) is 22.0 Å². The maximum Gasteiger partial charge on any atom is 0.265 e. The van der Waals surface area contributed by atoms with Crippen molar-refractivity contribution in [3.63, 3.8) is 0 Å². The predicted molar refractivity (Wildman–Crippen MR) is 151 cm³/mol. The number of amides is 2. The molecule has 4 rings (SSSR count). The summed E-state index contributed by atoms with van der Waals surface area (Å²) in [4.78, 5) is 47.3. The summed E-state index contributed by atoms with van der Waals surface area (Å²) in [6.07, 6.45) is 6.99. The highest BCUT2D eigenvalue weighted by atomic mass is 35.5. The van der Waals surface area contributed by atoms with Crippen molar-refractivity contribution in [2.45, 2.75) is 6.92 Å². The van der Waals surface area contributed by atoms with Crippen LogP contribution in [0.15, 0.2) is 46.3 Å². The molecule has 10 nitrogen and oxygen atoms in total. The minimum atomic E-state index is -0.421. The number of aryl methyl sites for hydroxylation is 1. The van der Waals surface area contributed by atoms with Crippen LogP contribution in [-0.4, -0.2) is 83.4 Å². The number of rotatable bonds is 4. The van der Waals surface area contributed by atoms with Gasteiger partial charge in [-0.05, 0) is 24.4 Å². The Morgan fingerprint density at radius 2 is 1.68 bits per heavy atom. The molecule has 0 aromatic carbocycles. The second kappa shape index (κ2) is 13.2. The number of hydrogen-bond donors (Lipinski definition) is 1. The normalized spacial score (nSPS) is 15.9. The summed E-state index contributed by atoms with van der Waals surface area (Å²) >= 11 is 7.40. The smallest absolute Gasteiger partial charge is 0.265 e. The zero-order valence-corrected chi connectivity index (χ0v) is 23.2. The lowest BCUT2D eigenvalue weighted by Crippen LogP contribution is -2.51. The van der Waals surface area contributed by atoms with E-state index in [2.05, 4.69) is 12.8 Å². The van der Waals surface area contributed by atoms with Crippen LogP contribution in [0.25, 0.3) is 6.08 Å². The van der Waals surface area contributed by atoms with E-state index in [1.54, 1.807) is 40.1 Å². The Morgan fingerprint density at radius 3 is 2.21 bits per heavy atom. The SMILES string of the molecule is C=CC.Cn1cc(/C=C(\N)Cl)c(N2CCN(C(=O)c3cccs3)CC2)c(C(=O)N2CCN(C#N)CC2)c1=O. The molecule has 12 heteroatoms. The van der Waals surface area contributed by atoms with Gasteiger partial charge in [0.1, 0.15) is 5.56 Å². The van der Waals surface area contributed by atoms with Crippen LogP contribution in [-0.2, 0) is 7.05 Å². The van der Waals surface area contributed by atoms with Gasteiger partial charge in [0.15, 0.2) is 6.19 Å². The molecular weight excluding hydrogens is 526 g/mol. The van der Waals surface area contributed by atoms with E-state index in [9.17, 15) is 14.4 Å². The number of hydrogen-bond acceptors (Lipinski definition) is 8. The van der Waals surface area contributed by atoms with Crippen LogP contribution in [0.4, 0.5) is 5.69 Å². The van der Waals surface area contributed by atoms with E-state index in [-0.39, 0.29) is 16.6 Å². The molecule has 2 aromatic heterocycles. The second-order valence-corrected chi connectivity index (χ2v) is 10.2. The van der Waals surface area contributed by atoms with E-state index in [4.69, 9.17) is 22.6 Å². The predicted octanol–water partition coefficient (Wildman–Crippen LogP) is 2.34. The molecule has 202 valence electrons. The Morgan fingerprint density at radius 1 is 1.11 bits per heavy atom. The largest absolute Gasteiger partial charge is 0.389 e. The average molecular weight is 558 g/mol. The van der Waals surface area contributed by atoms with Gasteiger partial charge in [-0.15, -0.1) is 17.9 Å². The Kier molecular flexibility index (Phi) is 9.98. The first-order chi connectivity index (χ1) is 18.2. The van der Waals surface area contributed by atoms with Crippen molar-refractivity contribution in [3.05, 3.63) is 67.9 Å². The maximum absolute atomic E-state index is 13.6. The summed E-state index contributed by atoms with van der Waals surface area (Å²) < 4.78 is 1.35. The van der Waals surface area contributed by atoms with Crippen molar-refractivity contribution in [1.82, 2.24) is 19.3 Å². The lowest BCUT2D eigenvalue weighted by Gasteiger charge is -2.38. The number of nitriles is 1. The first-order valence-corrected chi connectivity index (χ1v) is 13.4. The van der Waals surface area contributed by atoms with Crippen molar-refractivity contribution in [2.75, 3.05) is 57.3 Å². The highest BCUT2D eigenvalue weighted by molar-refractivity contribution is 7.12. The third-order valence-corrected chi connectivity index (χ3v) is 7.17. The zero-order valence-electron chi connectivity index (χ0n) is 21.6. The van der Waals surface area contributed by atoms with Gasteiger partial charge in [0.2, 0.25) is 0 Å². The number of carbonyl (C=O) groups is 2. The third kappa shape index (κ3) is 6.57. The van der Waals surface area contributed by atoms with Gasteiger partial charge in [-0.1, -0.05) is 23.7 Å². The number of nitrogens with zero attached hydrogens (tertiary/aromatic N) is 6. The van der Waals surface area contributed by atoms with Crippen molar-refractivity contribution < 1.29 is 9.59 Å². The van der Waals surface area contributed by atoms with Crippen molar-refractivity contribution in [1.29, 1.82) is 5.26 Å². The summed E-state index contributed by atoms with van der Waals surface area (Å²) in [5.74, 6) is -0.418. The average Bonchev–Trinajstić information content (AvgIpc) is 3.45. The Bertz CT molecular complexity index is 1280. The third-order valence-electron chi connectivity index (χ3n) is 6.21. The molecular formula is C26H32ClN7O3S. The van der Waals surface area contributed by atoms with Crippen LogP contribution < -0.4 is 16.2 Å². The quantitative estimate of drug-likeness (QED) is 0.348. The summed E-state index contributed by atoms with van der Waals surface area (Å²) in [5, 5.41) is 11.0. The number of pyridine rings is 1. The van der Waals surface area contributed by atoms with Crippen LogP contribution in [0.5, 0.6) is 0 Å². The molecule has 2 N–H and O–H groups in total. The van der Waals surface area contributed by atoms with E-state index in [1.807, 2.05) is 23.3 Å². The van der Waals surface area contributed by atoms with Crippen LogP contribution in [0.1, 0.15) is 32.5 Å². The fourth-order valence-electron chi connectivity index (χ4n) is 4.39. The fourth-order valence-corrected chi connectivity index (χ4v) is 5.20. The standard InChI is InChI=1S/C23H26ClN7O3S.C3H6/c1-27-14-16(13-18(24)26)20(19(22(27)33)23(34)31-6-4-28(15-25)5-7-31)29-8-10-30(11-9-29)21(32)17-3-2-12-35-17;1-3-2/h2-3,12-14H,4-11,26H2,1H3;3H,1H2,2H3/b18-13-;. The molecule has 0 bridgehead atoms. The Labute approximate surface area is 231 Å². The van der Waals surface area contributed by atoms with Crippen molar-refractivity contribution in [2.24, 2.45) is 12.8 Å². The molecule has 0 aliphatic carbocycles. The van der Waals surface area contributed by atoms with Gasteiger partial charge in [0, 0.05) is 71.2 Å². The van der Waals surface area contributed by atoms with Crippen LogP contribution in [0.3, 0.4) is 0 Å². The van der Waals surface area contributed by atoms with Gasteiger partial charge in [-0.2, -0.15) is 5.26 Å². The molecule has 2 saturated heterocycles. The molecule has 4 heterocycles. The first-order valence-electron chi connectivity index (χ1n) is 12.2. The molecule has 0 saturated carbocycles. The van der Waals surface area contributed by atoms with Crippen LogP contribution in [0.2, 0.25) is 0 Å². The van der Waals surface area contributed by atoms with Crippen LogP contribution in [0, 0.1) is 11.5 Å². The van der Waals surface area contributed by atoms with Gasteiger partial charge < -0.3 is 29.9 Å². The van der Waals surface area contributed by atoms with Crippen molar-refractivity contribution >= 4 is 46.5 Å². The molecule has 2 aliphatic heterocycles. The number of halogens is 1. The van der Waals surface area contributed by atoms with Gasteiger partial charge in [-0.3, -0.25) is 14.4 Å². The monoisotopic (exact) mass is 557 g/mol. The molecule has 2 amide bonds. The molecule has 0 atom stereocenters. The number of piperazine rings is 2. The summed E-state index contributed by atoms with van der Waals surface area (Å²) in [6, 6.07) is 3.65. The molecule has 2 aliphatic rings. The van der Waals surface area contributed by atoms with Gasteiger partial charge in [0.05, 0.1) is 15.7 Å². The van der Waals surface area contributed by atoms with E-state index >= 15 is 0 Å². The summed E-state index contributed by atoms with van der Waals surface area (Å²) in [6.45, 7) is 8.53. The number of carbonyl (C=O) groups excluding carboxylic acids is 2. The molecule has 2 aromatic rings. The molecule has 0 radical (unpaired) electrons. The Balaban J connectivity index is 0.00000127. The van der Waals surface area contributed by atoms with Crippen molar-refractivity contribution in [3.8, 4) is 6.19 Å². The van der Waals surface area contributed by atoms with Gasteiger partial charge in [-0.25, -0.2) is 0 Å². The highest BCUT2D eigenvalue weighted by Gasteiger charge is 2.32. The lowest BCUT2D eigenvalue weighted by atomic mass is 10.1. The lowest BCUT2D eigenvalue weighted by molar-refractivity contribution is 0.0680. The van der Waals surface area contributed by atoms with E-state index in [0.29, 0.717) is 68.5 Å². The molecule has 0 spiro atoms. The number of nitrogens with two attached hydrogens (primary N) is 1. The minimum absolute atomic E-state index is 0.0254. The van der Waals surface area contributed by atoms with Crippen LogP contribution >= 0.6 is 22.9 Å². The molecule has 0 unspecified atom stereocenters. The summed E-state index contributed by atoms with van der Waals surface area (Å²) in [5.41, 5.74) is 6.40. The van der Waals surface area contributed by atoms with E-state index in [0.717, 1.165) is 0 Å².